The first kappa shape index (κ1) is 12.9. The van der Waals surface area contributed by atoms with Gasteiger partial charge in [-0.1, -0.05) is 0 Å². The van der Waals surface area contributed by atoms with E-state index >= 15 is 0 Å². The largest absolute Gasteiger partial charge is 0.461 e. The van der Waals surface area contributed by atoms with Gasteiger partial charge < -0.3 is 19.9 Å². The highest BCUT2D eigenvalue weighted by atomic mass is 16.5. The molecule has 92 valence electrons. The van der Waals surface area contributed by atoms with Crippen molar-refractivity contribution in [3.63, 3.8) is 0 Å². The van der Waals surface area contributed by atoms with E-state index in [1.54, 1.807) is 0 Å². The maximum atomic E-state index is 11.4. The summed E-state index contributed by atoms with van der Waals surface area (Å²) in [4.78, 5) is 22.2. The minimum atomic E-state index is -0.819. The second kappa shape index (κ2) is 6.44. The molecule has 1 heterocycles. The Hall–Kier alpha value is -1.14. The van der Waals surface area contributed by atoms with Crippen LogP contribution in [-0.4, -0.2) is 48.9 Å². The summed E-state index contributed by atoms with van der Waals surface area (Å²) >= 11 is 0. The second-order valence-corrected chi connectivity index (χ2v) is 3.60. The van der Waals surface area contributed by atoms with E-state index in [0.717, 1.165) is 0 Å². The Morgan fingerprint density at radius 2 is 2.38 bits per heavy atom. The first-order valence-electron chi connectivity index (χ1n) is 5.35. The summed E-state index contributed by atoms with van der Waals surface area (Å²) in [5.41, 5.74) is 0. The molecule has 0 aliphatic carbocycles. The van der Waals surface area contributed by atoms with Gasteiger partial charge in [-0.05, 0) is 13.3 Å². The van der Waals surface area contributed by atoms with Crippen molar-refractivity contribution < 1.29 is 24.2 Å². The highest BCUT2D eigenvalue weighted by Crippen LogP contribution is 2.08. The van der Waals surface area contributed by atoms with Crippen LogP contribution in [0.4, 0.5) is 0 Å². The van der Waals surface area contributed by atoms with E-state index in [1.165, 1.54) is 0 Å². The van der Waals surface area contributed by atoms with Crippen molar-refractivity contribution in [2.75, 3.05) is 19.8 Å². The summed E-state index contributed by atoms with van der Waals surface area (Å²) in [7, 11) is 0. The first-order chi connectivity index (χ1) is 7.63. The highest BCUT2D eigenvalue weighted by molar-refractivity contribution is 5.88. The first-order valence-corrected chi connectivity index (χ1v) is 5.35. The van der Waals surface area contributed by atoms with Gasteiger partial charge in [-0.15, -0.1) is 0 Å². The standard InChI is InChI=1S/C10H17NO5/c1-2-15-5-7(12)6-16-10(14)8-3-4-9(13)11-8/h7-8,12H,2-6H2,1H3,(H,11,13). The van der Waals surface area contributed by atoms with Crippen molar-refractivity contribution in [1.29, 1.82) is 0 Å². The molecule has 0 spiro atoms. The molecule has 1 saturated heterocycles. The molecule has 6 heteroatoms. The van der Waals surface area contributed by atoms with Gasteiger partial charge in [0.25, 0.3) is 0 Å². The number of carbonyl (C=O) groups is 2. The molecule has 6 nitrogen and oxygen atoms in total. The number of esters is 1. The molecule has 1 amide bonds. The van der Waals surface area contributed by atoms with E-state index in [0.29, 0.717) is 19.4 Å². The molecule has 2 unspecified atom stereocenters. The molecule has 1 aliphatic heterocycles. The van der Waals surface area contributed by atoms with E-state index in [1.807, 2.05) is 6.92 Å². The predicted octanol–water partition coefficient (Wildman–Crippen LogP) is -0.794. The van der Waals surface area contributed by atoms with E-state index < -0.39 is 18.1 Å². The third-order valence-corrected chi connectivity index (χ3v) is 2.21. The van der Waals surface area contributed by atoms with Gasteiger partial charge in [0.2, 0.25) is 5.91 Å². The number of hydrogen-bond acceptors (Lipinski definition) is 5. The topological polar surface area (TPSA) is 84.9 Å². The third kappa shape index (κ3) is 4.16. The normalized spacial score (nSPS) is 21.6. The van der Waals surface area contributed by atoms with Crippen LogP contribution in [0.15, 0.2) is 0 Å². The van der Waals surface area contributed by atoms with Crippen LogP contribution in [0.1, 0.15) is 19.8 Å². The Kier molecular flexibility index (Phi) is 5.21. The predicted molar refractivity (Wildman–Crippen MR) is 54.6 cm³/mol. The molecule has 0 aromatic carbocycles. The fourth-order valence-corrected chi connectivity index (χ4v) is 1.37. The van der Waals surface area contributed by atoms with Crippen LogP contribution in [0.25, 0.3) is 0 Å². The molecular weight excluding hydrogens is 214 g/mol. The van der Waals surface area contributed by atoms with Crippen LogP contribution < -0.4 is 5.32 Å². The average Bonchev–Trinajstić information content (AvgIpc) is 2.69. The lowest BCUT2D eigenvalue weighted by Gasteiger charge is -2.13. The van der Waals surface area contributed by atoms with Crippen molar-refractivity contribution in [3.05, 3.63) is 0 Å². The number of aliphatic hydroxyl groups is 1. The minimum Gasteiger partial charge on any atom is -0.461 e. The molecule has 0 aromatic heterocycles. The van der Waals surface area contributed by atoms with E-state index in [2.05, 4.69) is 5.32 Å². The van der Waals surface area contributed by atoms with Crippen molar-refractivity contribution in [1.82, 2.24) is 5.32 Å². The Balaban J connectivity index is 2.17. The smallest absolute Gasteiger partial charge is 0.328 e. The summed E-state index contributed by atoms with van der Waals surface area (Å²) in [6, 6.07) is -0.563. The zero-order valence-corrected chi connectivity index (χ0v) is 9.27. The van der Waals surface area contributed by atoms with Crippen LogP contribution in [0, 0.1) is 0 Å². The molecule has 2 N–H and O–H groups in total. The molecule has 1 rings (SSSR count). The second-order valence-electron chi connectivity index (χ2n) is 3.60. The molecule has 16 heavy (non-hydrogen) atoms. The third-order valence-electron chi connectivity index (χ3n) is 2.21. The zero-order valence-electron chi connectivity index (χ0n) is 9.27. The summed E-state index contributed by atoms with van der Waals surface area (Å²) in [6.45, 7) is 2.35. The van der Waals surface area contributed by atoms with E-state index in [-0.39, 0.29) is 19.1 Å². The molecular formula is C10H17NO5. The molecule has 1 aliphatic rings. The minimum absolute atomic E-state index is 0.106. The van der Waals surface area contributed by atoms with Gasteiger partial charge in [-0.25, -0.2) is 4.79 Å². The quantitative estimate of drug-likeness (QED) is 0.585. The fraction of sp³-hybridized carbons (Fsp3) is 0.800. The molecule has 0 bridgehead atoms. The number of rotatable bonds is 6. The lowest BCUT2D eigenvalue weighted by atomic mass is 10.2. The summed E-state index contributed by atoms with van der Waals surface area (Å²) < 4.78 is 9.81. The van der Waals surface area contributed by atoms with Crippen molar-refractivity contribution in [3.8, 4) is 0 Å². The molecule has 0 radical (unpaired) electrons. The van der Waals surface area contributed by atoms with Crippen molar-refractivity contribution in [2.24, 2.45) is 0 Å². The van der Waals surface area contributed by atoms with Gasteiger partial charge in [0.1, 0.15) is 18.8 Å². The Morgan fingerprint density at radius 3 is 2.94 bits per heavy atom. The van der Waals surface area contributed by atoms with E-state index in [9.17, 15) is 14.7 Å². The van der Waals surface area contributed by atoms with Crippen molar-refractivity contribution >= 4 is 11.9 Å². The van der Waals surface area contributed by atoms with Gasteiger partial charge in [0, 0.05) is 13.0 Å². The van der Waals surface area contributed by atoms with Crippen molar-refractivity contribution in [2.45, 2.75) is 31.9 Å². The summed E-state index contributed by atoms with van der Waals surface area (Å²) in [5.74, 6) is -0.641. The number of nitrogens with one attached hydrogen (secondary N) is 1. The molecule has 0 aromatic rings. The summed E-state index contributed by atoms with van der Waals surface area (Å²) in [6.07, 6.45) is -0.0125. The van der Waals surface area contributed by atoms with Gasteiger partial charge >= 0.3 is 5.97 Å². The van der Waals surface area contributed by atoms with Crippen LogP contribution in [0.2, 0.25) is 0 Å². The Morgan fingerprint density at radius 1 is 1.62 bits per heavy atom. The Bertz CT molecular complexity index is 256. The lowest BCUT2D eigenvalue weighted by Crippen LogP contribution is -2.36. The zero-order chi connectivity index (χ0) is 12.0. The van der Waals surface area contributed by atoms with E-state index in [4.69, 9.17) is 9.47 Å². The van der Waals surface area contributed by atoms with Crippen LogP contribution in [0.3, 0.4) is 0 Å². The number of hydrogen-bond donors (Lipinski definition) is 2. The highest BCUT2D eigenvalue weighted by Gasteiger charge is 2.28. The SMILES string of the molecule is CCOCC(O)COC(=O)C1CCC(=O)N1. The van der Waals surface area contributed by atoms with Crippen LogP contribution in [-0.2, 0) is 19.1 Å². The lowest BCUT2D eigenvalue weighted by molar-refractivity contribution is -0.150. The van der Waals surface area contributed by atoms with Gasteiger partial charge in [-0.2, -0.15) is 0 Å². The number of carbonyl (C=O) groups excluding carboxylic acids is 2. The van der Waals surface area contributed by atoms with Gasteiger partial charge in [0.15, 0.2) is 0 Å². The fourth-order valence-electron chi connectivity index (χ4n) is 1.37. The summed E-state index contributed by atoms with van der Waals surface area (Å²) in [5, 5.41) is 11.8. The number of aliphatic hydroxyl groups excluding tert-OH is 1. The maximum Gasteiger partial charge on any atom is 0.328 e. The van der Waals surface area contributed by atoms with Gasteiger partial charge in [0.05, 0.1) is 6.61 Å². The van der Waals surface area contributed by atoms with Crippen LogP contribution >= 0.6 is 0 Å². The number of amides is 1. The monoisotopic (exact) mass is 231 g/mol. The van der Waals surface area contributed by atoms with Crippen LogP contribution in [0.5, 0.6) is 0 Å². The average molecular weight is 231 g/mol. The Labute approximate surface area is 93.9 Å². The molecule has 2 atom stereocenters. The number of ether oxygens (including phenoxy) is 2. The van der Waals surface area contributed by atoms with Gasteiger partial charge in [-0.3, -0.25) is 4.79 Å². The maximum absolute atomic E-state index is 11.4. The molecule has 0 saturated carbocycles. The molecule has 1 fully saturated rings.